The second kappa shape index (κ2) is 9.87. The molecule has 0 bridgehead atoms. The Bertz CT molecular complexity index is 1310. The van der Waals surface area contributed by atoms with Gasteiger partial charge in [0.25, 0.3) is 0 Å². The maximum absolute atomic E-state index is 13.8. The molecule has 0 aliphatic rings. The molecule has 8 nitrogen and oxygen atoms in total. The number of halogens is 2. The lowest BCUT2D eigenvalue weighted by atomic mass is 10.1. The van der Waals surface area contributed by atoms with Gasteiger partial charge in [0, 0.05) is 48.1 Å². The van der Waals surface area contributed by atoms with E-state index >= 15 is 0 Å². The number of nitro benzene ring substituents is 1. The lowest BCUT2D eigenvalue weighted by Gasteiger charge is -2.22. The molecule has 33 heavy (non-hydrogen) atoms. The summed E-state index contributed by atoms with van der Waals surface area (Å²) in [6.45, 7) is 3.24. The molecule has 0 saturated carbocycles. The van der Waals surface area contributed by atoms with Gasteiger partial charge < -0.3 is 14.4 Å². The van der Waals surface area contributed by atoms with Crippen molar-refractivity contribution in [2.24, 2.45) is 7.05 Å². The number of carbonyl (C=O) groups excluding carboxylic acids is 1. The summed E-state index contributed by atoms with van der Waals surface area (Å²) in [5.74, 6) is -1.58. The average Bonchev–Trinajstić information content (AvgIpc) is 3.02. The standard InChI is InChI=1S/C22H22ClFN3O5P/c1-4-32-33(3,31)21(17-13-26(2)19-8-6-15(23)12-16(17)19)22(28)25-10-9-14-5-7-20(27(29)30)18(24)11-14/h5-13,21H,4H2,1-3H3,(H,25,28)/b10-9+. The van der Waals surface area contributed by atoms with Crippen LogP contribution in [0.25, 0.3) is 17.0 Å². The maximum Gasteiger partial charge on any atom is 0.304 e. The molecule has 11 heteroatoms. The smallest absolute Gasteiger partial charge is 0.304 e. The monoisotopic (exact) mass is 493 g/mol. The third-order valence-electron chi connectivity index (χ3n) is 5.05. The molecule has 2 atom stereocenters. The first-order valence-electron chi connectivity index (χ1n) is 9.92. The molecule has 0 fully saturated rings. The highest BCUT2D eigenvalue weighted by Gasteiger charge is 2.38. The Morgan fingerprint density at radius 3 is 2.73 bits per heavy atom. The van der Waals surface area contributed by atoms with Crippen LogP contribution in [0.4, 0.5) is 10.1 Å². The van der Waals surface area contributed by atoms with Crippen LogP contribution in [0.1, 0.15) is 23.7 Å². The second-order valence-electron chi connectivity index (χ2n) is 7.40. The van der Waals surface area contributed by atoms with E-state index in [1.807, 2.05) is 4.57 Å². The number of aromatic nitrogens is 1. The van der Waals surface area contributed by atoms with E-state index in [4.69, 9.17) is 16.1 Å². The summed E-state index contributed by atoms with van der Waals surface area (Å²) in [6.07, 6.45) is 4.36. The number of rotatable bonds is 8. The van der Waals surface area contributed by atoms with Crippen molar-refractivity contribution in [2.75, 3.05) is 13.3 Å². The van der Waals surface area contributed by atoms with Crippen molar-refractivity contribution < 1.29 is 23.2 Å². The number of fused-ring (bicyclic) bond motifs is 1. The molecule has 3 aromatic rings. The number of carbonyl (C=O) groups is 1. The molecular formula is C22H22ClFN3O5P. The quantitative estimate of drug-likeness (QED) is 0.248. The number of hydrogen-bond acceptors (Lipinski definition) is 5. The van der Waals surface area contributed by atoms with Gasteiger partial charge in [0.1, 0.15) is 5.66 Å². The first-order valence-corrected chi connectivity index (χ1v) is 12.4. The minimum Gasteiger partial charge on any atom is -0.350 e. The first kappa shape index (κ1) is 24.6. The molecule has 1 amide bonds. The zero-order valence-electron chi connectivity index (χ0n) is 18.1. The van der Waals surface area contributed by atoms with Crippen LogP contribution < -0.4 is 5.32 Å². The summed E-state index contributed by atoms with van der Waals surface area (Å²) in [5.41, 5.74) is -0.161. The highest BCUT2D eigenvalue weighted by Crippen LogP contribution is 2.58. The second-order valence-corrected chi connectivity index (χ2v) is 10.4. The molecule has 1 N–H and O–H groups in total. The van der Waals surface area contributed by atoms with Crippen molar-refractivity contribution >= 4 is 47.5 Å². The highest BCUT2D eigenvalue weighted by atomic mass is 35.5. The van der Waals surface area contributed by atoms with Gasteiger partial charge in [-0.2, -0.15) is 4.39 Å². The summed E-state index contributed by atoms with van der Waals surface area (Å²) in [6, 6.07) is 8.60. The average molecular weight is 494 g/mol. The fraction of sp³-hybridized carbons (Fsp3) is 0.227. The lowest BCUT2D eigenvalue weighted by Crippen LogP contribution is -2.25. The van der Waals surface area contributed by atoms with Crippen molar-refractivity contribution in [1.29, 1.82) is 0 Å². The Hall–Kier alpha value is -3.00. The van der Waals surface area contributed by atoms with Crippen molar-refractivity contribution in [3.8, 4) is 0 Å². The SMILES string of the molecule is CCOP(C)(=O)C(C(=O)N/C=C/c1ccc([N+](=O)[O-])c(F)c1)c1cn(C)c2ccc(Cl)cc12. The van der Waals surface area contributed by atoms with Crippen LogP contribution in [0.3, 0.4) is 0 Å². The highest BCUT2D eigenvalue weighted by molar-refractivity contribution is 7.59. The van der Waals surface area contributed by atoms with Gasteiger partial charge in [0.15, 0.2) is 0 Å². The van der Waals surface area contributed by atoms with E-state index in [0.717, 1.165) is 17.6 Å². The third kappa shape index (κ3) is 5.33. The van der Waals surface area contributed by atoms with E-state index in [9.17, 15) is 23.9 Å². The molecule has 0 spiro atoms. The van der Waals surface area contributed by atoms with Crippen LogP contribution in [0, 0.1) is 15.9 Å². The number of aryl methyl sites for hydroxylation is 1. The van der Waals surface area contributed by atoms with E-state index in [1.165, 1.54) is 25.0 Å². The number of benzene rings is 2. The Morgan fingerprint density at radius 1 is 1.36 bits per heavy atom. The zero-order chi connectivity index (χ0) is 24.3. The number of nitrogens with one attached hydrogen (secondary N) is 1. The fourth-order valence-electron chi connectivity index (χ4n) is 3.62. The Morgan fingerprint density at radius 2 is 2.09 bits per heavy atom. The van der Waals surface area contributed by atoms with Crippen molar-refractivity contribution in [3.05, 3.63) is 80.9 Å². The van der Waals surface area contributed by atoms with Gasteiger partial charge in [-0.15, -0.1) is 0 Å². The summed E-state index contributed by atoms with van der Waals surface area (Å²) in [7, 11) is -1.66. The summed E-state index contributed by atoms with van der Waals surface area (Å²) < 4.78 is 34.5. The Kier molecular flexibility index (Phi) is 7.37. The molecule has 2 aromatic carbocycles. The molecule has 1 aromatic heterocycles. The molecule has 174 valence electrons. The van der Waals surface area contributed by atoms with Gasteiger partial charge in [-0.1, -0.05) is 11.6 Å². The topological polar surface area (TPSA) is 103 Å². The molecular weight excluding hydrogens is 472 g/mol. The molecule has 3 rings (SSSR count). The minimum absolute atomic E-state index is 0.154. The van der Waals surface area contributed by atoms with Gasteiger partial charge in [-0.25, -0.2) is 0 Å². The molecule has 2 unspecified atom stereocenters. The lowest BCUT2D eigenvalue weighted by molar-refractivity contribution is -0.387. The largest absolute Gasteiger partial charge is 0.350 e. The summed E-state index contributed by atoms with van der Waals surface area (Å²) >= 11 is 6.16. The van der Waals surface area contributed by atoms with Crippen LogP contribution >= 0.6 is 19.0 Å². The summed E-state index contributed by atoms with van der Waals surface area (Å²) in [5, 5.41) is 14.5. The molecule has 0 aliphatic heterocycles. The third-order valence-corrected chi connectivity index (χ3v) is 7.51. The van der Waals surface area contributed by atoms with Crippen LogP contribution in [0.15, 0.2) is 48.8 Å². The van der Waals surface area contributed by atoms with Crippen LogP contribution in [-0.2, 0) is 20.9 Å². The molecule has 1 heterocycles. The van der Waals surface area contributed by atoms with Gasteiger partial charge in [-0.3, -0.25) is 19.5 Å². The molecule has 0 aliphatic carbocycles. The maximum atomic E-state index is 13.8. The van der Waals surface area contributed by atoms with Crippen molar-refractivity contribution in [2.45, 2.75) is 12.6 Å². The number of amides is 1. The van der Waals surface area contributed by atoms with Crippen LogP contribution in [0.2, 0.25) is 5.02 Å². The zero-order valence-corrected chi connectivity index (χ0v) is 19.8. The molecule has 0 saturated heterocycles. The van der Waals surface area contributed by atoms with E-state index in [1.54, 1.807) is 38.4 Å². The summed E-state index contributed by atoms with van der Waals surface area (Å²) in [4.78, 5) is 23.1. The van der Waals surface area contributed by atoms with Crippen molar-refractivity contribution in [3.63, 3.8) is 0 Å². The number of nitro groups is 1. The van der Waals surface area contributed by atoms with E-state index in [0.29, 0.717) is 21.5 Å². The Balaban J connectivity index is 1.94. The van der Waals surface area contributed by atoms with Crippen LogP contribution in [-0.4, -0.2) is 28.7 Å². The minimum atomic E-state index is -3.46. The molecule has 0 radical (unpaired) electrons. The van der Waals surface area contributed by atoms with Gasteiger partial charge in [0.05, 0.1) is 11.5 Å². The van der Waals surface area contributed by atoms with Gasteiger partial charge in [0.2, 0.25) is 19.1 Å². The number of hydrogen-bond donors (Lipinski definition) is 1. The van der Waals surface area contributed by atoms with Gasteiger partial charge in [-0.05, 0) is 54.5 Å². The van der Waals surface area contributed by atoms with E-state index in [-0.39, 0.29) is 6.61 Å². The van der Waals surface area contributed by atoms with E-state index in [2.05, 4.69) is 5.32 Å². The van der Waals surface area contributed by atoms with E-state index < -0.39 is 35.4 Å². The van der Waals surface area contributed by atoms with Crippen LogP contribution in [0.5, 0.6) is 0 Å². The van der Waals surface area contributed by atoms with Gasteiger partial charge >= 0.3 is 5.69 Å². The van der Waals surface area contributed by atoms with Crippen molar-refractivity contribution in [1.82, 2.24) is 9.88 Å². The number of nitrogens with zero attached hydrogens (tertiary/aromatic N) is 2. The normalized spacial score (nSPS) is 14.3. The predicted molar refractivity (Wildman–Crippen MR) is 126 cm³/mol. The fourth-order valence-corrected chi connectivity index (χ4v) is 5.67. The predicted octanol–water partition coefficient (Wildman–Crippen LogP) is 5.65. The first-order chi connectivity index (χ1) is 15.5. The Labute approximate surface area is 194 Å².